The van der Waals surface area contributed by atoms with Crippen molar-refractivity contribution in [3.63, 3.8) is 0 Å². The zero-order valence-corrected chi connectivity index (χ0v) is 28.2. The molecule has 0 saturated carbocycles. The summed E-state index contributed by atoms with van der Waals surface area (Å²) >= 11 is 7.04. The minimum atomic E-state index is -1.26. The van der Waals surface area contributed by atoms with Gasteiger partial charge in [0.15, 0.2) is 5.65 Å². The lowest BCUT2D eigenvalue weighted by Crippen LogP contribution is -2.50. The number of hydrogen-bond donors (Lipinski definition) is 2. The van der Waals surface area contributed by atoms with Crippen LogP contribution in [0.4, 0.5) is 10.6 Å². The Balaban J connectivity index is 1.36. The molecule has 0 radical (unpaired) electrons. The number of carbonyl (C=O) groups excluding carboxylic acids is 1. The molecule has 1 aromatic carbocycles. The van der Waals surface area contributed by atoms with Gasteiger partial charge in [0, 0.05) is 75.8 Å². The molecule has 3 atom stereocenters. The summed E-state index contributed by atoms with van der Waals surface area (Å²) in [6.45, 7) is 8.12. The van der Waals surface area contributed by atoms with Crippen LogP contribution in [0.5, 0.6) is 0 Å². The Hall–Kier alpha value is -3.68. The number of halogens is 1. The number of benzene rings is 1. The van der Waals surface area contributed by atoms with Crippen molar-refractivity contribution in [2.75, 3.05) is 25.6 Å². The van der Waals surface area contributed by atoms with Crippen molar-refractivity contribution >= 4 is 59.6 Å². The van der Waals surface area contributed by atoms with Crippen LogP contribution in [0, 0.1) is 0 Å². The lowest BCUT2D eigenvalue weighted by molar-refractivity contribution is -0.129. The van der Waals surface area contributed by atoms with Crippen LogP contribution >= 0.6 is 11.6 Å². The number of aromatic nitrogens is 5. The van der Waals surface area contributed by atoms with E-state index in [-0.39, 0.29) is 30.6 Å². The number of nitrogens with zero attached hydrogens (tertiary/aromatic N) is 7. The summed E-state index contributed by atoms with van der Waals surface area (Å²) in [4.78, 5) is 37.6. The summed E-state index contributed by atoms with van der Waals surface area (Å²) in [7, 11) is 2.18. The number of fused-ring (bicyclic) bond motifs is 4. The number of carboxylic acid groups (broad SMARTS) is 1. The third-order valence-electron chi connectivity index (χ3n) is 8.86. The Bertz CT molecular complexity index is 1730. The Morgan fingerprint density at radius 3 is 2.53 bits per heavy atom. The summed E-state index contributed by atoms with van der Waals surface area (Å²) in [5, 5.41) is 17.8. The van der Waals surface area contributed by atoms with Crippen LogP contribution in [0.3, 0.4) is 0 Å². The second-order valence-electron chi connectivity index (χ2n) is 13.6. The summed E-state index contributed by atoms with van der Waals surface area (Å²) in [6.07, 6.45) is 8.17. The number of rotatable bonds is 10. The van der Waals surface area contributed by atoms with Gasteiger partial charge >= 0.3 is 6.09 Å². The second kappa shape index (κ2) is 12.3. The molecule has 5 heterocycles. The standard InChI is InChI=1S/C31H41ClN8O4Si/c1-37(2)27(41)17-39-16-24-25(36-39)9-8-22(28(24)32)23-15-38(18-44-10-11-45(3,4)5)30-29(23)33-14-26(35-30)40-20-6-7-21(40)13-19(12-20)34-31(42)43/h8-9,14-16,19-21,34H,6-7,10-13,17-18H2,1-5H3,(H,42,43)/t19?,20-,21+. The van der Waals surface area contributed by atoms with E-state index in [1.165, 1.54) is 4.90 Å². The highest BCUT2D eigenvalue weighted by Crippen LogP contribution is 2.41. The number of piperidine rings is 1. The predicted molar refractivity (Wildman–Crippen MR) is 178 cm³/mol. The van der Waals surface area contributed by atoms with Gasteiger partial charge in [-0.3, -0.25) is 9.48 Å². The minimum Gasteiger partial charge on any atom is -0.465 e. The molecule has 2 saturated heterocycles. The minimum absolute atomic E-state index is 0.0504. The van der Waals surface area contributed by atoms with Gasteiger partial charge in [0.25, 0.3) is 0 Å². The largest absolute Gasteiger partial charge is 0.465 e. The Kier molecular flexibility index (Phi) is 8.52. The van der Waals surface area contributed by atoms with Gasteiger partial charge in [-0.05, 0) is 37.8 Å². The van der Waals surface area contributed by atoms with Crippen molar-refractivity contribution in [2.45, 2.75) is 82.8 Å². The summed E-state index contributed by atoms with van der Waals surface area (Å²) in [5.41, 5.74) is 3.78. The molecular weight excluding hydrogens is 612 g/mol. The molecule has 0 aliphatic carbocycles. The first-order chi connectivity index (χ1) is 21.4. The van der Waals surface area contributed by atoms with Crippen LogP contribution in [0.2, 0.25) is 30.7 Å². The molecule has 0 spiro atoms. The molecule has 12 nitrogen and oxygen atoms in total. The molecular formula is C31H41ClN8O4Si. The van der Waals surface area contributed by atoms with E-state index >= 15 is 0 Å². The molecule has 1 unspecified atom stereocenters. The molecule has 240 valence electrons. The predicted octanol–water partition coefficient (Wildman–Crippen LogP) is 5.27. The highest BCUT2D eigenvalue weighted by molar-refractivity contribution is 6.76. The molecule has 2 aliphatic rings. The number of carbonyl (C=O) groups is 2. The number of nitrogens with one attached hydrogen (secondary N) is 1. The summed E-state index contributed by atoms with van der Waals surface area (Å²) < 4.78 is 9.80. The van der Waals surface area contributed by atoms with E-state index in [0.29, 0.717) is 29.5 Å². The van der Waals surface area contributed by atoms with E-state index in [9.17, 15) is 14.7 Å². The van der Waals surface area contributed by atoms with Crippen LogP contribution in [0.15, 0.2) is 30.7 Å². The zero-order valence-electron chi connectivity index (χ0n) is 26.5. The first-order valence-corrected chi connectivity index (χ1v) is 19.5. The molecule has 2 amide bonds. The molecule has 45 heavy (non-hydrogen) atoms. The Labute approximate surface area is 268 Å². The van der Waals surface area contributed by atoms with E-state index in [0.717, 1.165) is 59.6 Å². The van der Waals surface area contributed by atoms with E-state index in [1.807, 2.05) is 35.3 Å². The number of anilines is 1. The highest BCUT2D eigenvalue weighted by Gasteiger charge is 2.42. The molecule has 2 bridgehead atoms. The lowest BCUT2D eigenvalue weighted by Gasteiger charge is -2.39. The molecule has 2 N–H and O–H groups in total. The molecule has 3 aromatic heterocycles. The van der Waals surface area contributed by atoms with Gasteiger partial charge < -0.3 is 29.5 Å². The summed E-state index contributed by atoms with van der Waals surface area (Å²) in [6, 6.07) is 5.27. The fourth-order valence-corrected chi connectivity index (χ4v) is 7.59. The smallest absolute Gasteiger partial charge is 0.404 e. The fourth-order valence-electron chi connectivity index (χ4n) is 6.52. The van der Waals surface area contributed by atoms with Gasteiger partial charge in [0.05, 0.1) is 16.7 Å². The molecule has 14 heteroatoms. The maximum absolute atomic E-state index is 12.3. The fraction of sp³-hybridized carbons (Fsp3) is 0.516. The van der Waals surface area contributed by atoms with Crippen molar-refractivity contribution < 1.29 is 19.4 Å². The van der Waals surface area contributed by atoms with Crippen molar-refractivity contribution in [3.05, 3.63) is 35.7 Å². The maximum Gasteiger partial charge on any atom is 0.404 e. The van der Waals surface area contributed by atoms with Crippen molar-refractivity contribution in [2.24, 2.45) is 0 Å². The maximum atomic E-state index is 12.3. The third kappa shape index (κ3) is 6.52. The monoisotopic (exact) mass is 652 g/mol. The van der Waals surface area contributed by atoms with Gasteiger partial charge in [-0.2, -0.15) is 5.10 Å². The van der Waals surface area contributed by atoms with Gasteiger partial charge in [-0.15, -0.1) is 0 Å². The van der Waals surface area contributed by atoms with Crippen LogP contribution in [0.1, 0.15) is 25.7 Å². The van der Waals surface area contributed by atoms with Crippen LogP contribution < -0.4 is 10.2 Å². The first-order valence-electron chi connectivity index (χ1n) is 15.5. The van der Waals surface area contributed by atoms with Gasteiger partial charge in [-0.25, -0.2) is 14.8 Å². The Morgan fingerprint density at radius 1 is 1.13 bits per heavy atom. The SMILES string of the molecule is CN(C)C(=O)Cn1cc2c(Cl)c(-c3cn(COCC[Si](C)(C)C)c4nc(N5[C@@H]6CC[C@H]5CC(NC(=O)O)C6)cnc34)ccc2n1. The number of ether oxygens (including phenoxy) is 1. The zero-order chi connectivity index (χ0) is 32.0. The van der Waals surface area contributed by atoms with Gasteiger partial charge in [0.1, 0.15) is 24.6 Å². The molecule has 2 fully saturated rings. The number of likely N-dealkylation sites (N-methyl/N-ethyl adjacent to an activating group) is 1. The van der Waals surface area contributed by atoms with E-state index in [1.54, 1.807) is 18.8 Å². The van der Waals surface area contributed by atoms with E-state index < -0.39 is 14.2 Å². The van der Waals surface area contributed by atoms with Crippen molar-refractivity contribution in [1.29, 1.82) is 0 Å². The first kappa shape index (κ1) is 31.3. The highest BCUT2D eigenvalue weighted by atomic mass is 35.5. The quantitative estimate of drug-likeness (QED) is 0.175. The van der Waals surface area contributed by atoms with Crippen LogP contribution in [-0.4, -0.2) is 93.2 Å². The van der Waals surface area contributed by atoms with E-state index in [2.05, 4.69) is 35.0 Å². The second-order valence-corrected chi connectivity index (χ2v) is 19.6. The van der Waals surface area contributed by atoms with Gasteiger partial charge in [-0.1, -0.05) is 37.3 Å². The van der Waals surface area contributed by atoms with Crippen molar-refractivity contribution in [3.8, 4) is 11.1 Å². The van der Waals surface area contributed by atoms with E-state index in [4.69, 9.17) is 26.3 Å². The topological polar surface area (TPSA) is 131 Å². The van der Waals surface area contributed by atoms with Crippen LogP contribution in [0.25, 0.3) is 33.2 Å². The third-order valence-corrected chi connectivity index (χ3v) is 11.0. The van der Waals surface area contributed by atoms with Crippen LogP contribution in [-0.2, 0) is 22.8 Å². The number of amides is 2. The Morgan fingerprint density at radius 2 is 1.87 bits per heavy atom. The molecule has 4 aromatic rings. The average Bonchev–Trinajstić information content (AvgIpc) is 3.62. The van der Waals surface area contributed by atoms with Crippen molar-refractivity contribution in [1.82, 2.24) is 34.5 Å². The molecule has 6 rings (SSSR count). The normalized spacial score (nSPS) is 19.9. The molecule has 2 aliphatic heterocycles. The average molecular weight is 653 g/mol. The lowest BCUT2D eigenvalue weighted by atomic mass is 9.97. The van der Waals surface area contributed by atoms with Gasteiger partial charge in [0.2, 0.25) is 5.91 Å². The number of hydrogen-bond acceptors (Lipinski definition) is 7. The summed E-state index contributed by atoms with van der Waals surface area (Å²) in [5.74, 6) is 0.739.